The first kappa shape index (κ1) is 60.6. The lowest BCUT2D eigenvalue weighted by Crippen LogP contribution is -2.60. The van der Waals surface area contributed by atoms with Crippen LogP contribution >= 0.6 is 0 Å². The minimum atomic E-state index is -5.06. The molecule has 0 spiro atoms. The van der Waals surface area contributed by atoms with Crippen LogP contribution in [0.4, 0.5) is 0 Å². The van der Waals surface area contributed by atoms with Crippen molar-refractivity contribution in [1.29, 1.82) is 0 Å². The molecule has 1 heterocycles. The first-order valence-corrected chi connectivity index (χ1v) is 27.5. The average molecular weight is 933 g/mol. The molecule has 1 fully saturated rings. The van der Waals surface area contributed by atoms with Gasteiger partial charge >= 0.3 is 16.4 Å². The summed E-state index contributed by atoms with van der Waals surface area (Å²) < 4.78 is 59.2. The monoisotopic (exact) mass is 933 g/mol. The van der Waals surface area contributed by atoms with Gasteiger partial charge in [-0.1, -0.05) is 212 Å². The molecule has 1 rings (SSSR count). The van der Waals surface area contributed by atoms with Crippen molar-refractivity contribution in [1.82, 2.24) is 0 Å². The fraction of sp³-hybridized carbons (Fsp3) is 0.902. The first-order valence-electron chi connectivity index (χ1n) is 26.1. The van der Waals surface area contributed by atoms with Crippen molar-refractivity contribution in [3.8, 4) is 0 Å². The minimum Gasteiger partial charge on any atom is -0.457 e. The third kappa shape index (κ3) is 35.7. The largest absolute Gasteiger partial charge is 0.457 e. The van der Waals surface area contributed by atoms with Gasteiger partial charge in [0.1, 0.15) is 30.5 Å². The molecule has 0 radical (unpaired) electrons. The Balaban J connectivity index is 2.31. The van der Waals surface area contributed by atoms with Gasteiger partial charge in [0.25, 0.3) is 0 Å². The molecule has 13 heteroatoms. The summed E-state index contributed by atoms with van der Waals surface area (Å²) in [5, 5.41) is 30.7. The van der Waals surface area contributed by atoms with Crippen molar-refractivity contribution in [2.24, 2.45) is 0 Å². The highest BCUT2D eigenvalue weighted by Crippen LogP contribution is 2.26. The van der Waals surface area contributed by atoms with E-state index in [0.717, 1.165) is 64.2 Å². The predicted molar refractivity (Wildman–Crippen MR) is 257 cm³/mol. The van der Waals surface area contributed by atoms with Gasteiger partial charge in [-0.25, -0.2) is 4.18 Å². The third-order valence-corrected chi connectivity index (χ3v) is 12.5. The predicted octanol–water partition coefficient (Wildman–Crippen LogP) is 12.0. The third-order valence-electron chi connectivity index (χ3n) is 12.1. The number of allylic oxidation sites excluding steroid dienone is 4. The van der Waals surface area contributed by atoms with E-state index in [1.54, 1.807) is 0 Å². The molecule has 64 heavy (non-hydrogen) atoms. The molecule has 0 bridgehead atoms. The van der Waals surface area contributed by atoms with Crippen LogP contribution in [0.15, 0.2) is 24.3 Å². The minimum absolute atomic E-state index is 0.0327. The van der Waals surface area contributed by atoms with E-state index >= 15 is 0 Å². The second-order valence-electron chi connectivity index (χ2n) is 18.1. The van der Waals surface area contributed by atoms with Crippen LogP contribution < -0.4 is 0 Å². The highest BCUT2D eigenvalue weighted by Gasteiger charge is 2.48. The van der Waals surface area contributed by atoms with Gasteiger partial charge in [-0.3, -0.25) is 9.35 Å². The Bertz CT molecular complexity index is 1210. The van der Waals surface area contributed by atoms with Crippen LogP contribution in [0.5, 0.6) is 0 Å². The SMILES string of the molecule is CCC/C=C\C/C=C\CCCCCCCCOCC(COC1OC(CO)C(O)C(OS(=O)(=O)O)C1O)OC(=O)CCCCCCCCCCCCCCCCCCCCCCCCC. The Morgan fingerprint density at radius 1 is 0.594 bits per heavy atom. The number of rotatable bonds is 46. The molecule has 1 aliphatic rings. The van der Waals surface area contributed by atoms with Crippen LogP contribution in [-0.2, 0) is 38.3 Å². The summed E-state index contributed by atoms with van der Waals surface area (Å²) in [5.41, 5.74) is 0. The van der Waals surface area contributed by atoms with E-state index in [4.69, 9.17) is 18.9 Å². The van der Waals surface area contributed by atoms with Crippen molar-refractivity contribution in [2.45, 2.75) is 269 Å². The van der Waals surface area contributed by atoms with Gasteiger partial charge in [0.05, 0.1) is 19.8 Å². The molecule has 0 amide bonds. The standard InChI is InChI=1S/C51H96O12S/c1-3-5-7-9-11-13-15-17-19-20-21-22-23-24-25-26-27-28-30-32-34-36-38-40-47(53)61-45(43-59-41-39-37-35-33-31-29-18-16-14-12-10-8-6-4-2)44-60-51-49(55)50(63-64(56,57)58)48(54)46(42-52)62-51/h8,10,14,16,45-46,48-52,54-55H,3-7,9,11-13,15,17-44H2,1-2H3,(H,56,57,58)/b10-8-,16-14-. The number of aliphatic hydroxyl groups is 3. The molecule has 12 nitrogen and oxygen atoms in total. The molecular formula is C51H96O12S. The molecule has 6 unspecified atom stereocenters. The van der Waals surface area contributed by atoms with Crippen molar-refractivity contribution < 1.29 is 56.2 Å². The summed E-state index contributed by atoms with van der Waals surface area (Å²) in [6, 6.07) is 0. The maximum absolute atomic E-state index is 12.9. The van der Waals surface area contributed by atoms with E-state index in [1.807, 2.05) is 0 Å². The second kappa shape index (κ2) is 42.9. The van der Waals surface area contributed by atoms with E-state index in [9.17, 15) is 33.1 Å². The topological polar surface area (TPSA) is 178 Å². The first-order chi connectivity index (χ1) is 31.1. The van der Waals surface area contributed by atoms with Gasteiger partial charge in [0, 0.05) is 13.0 Å². The Kier molecular flexibility index (Phi) is 40.6. The van der Waals surface area contributed by atoms with Crippen LogP contribution in [0.1, 0.15) is 232 Å². The summed E-state index contributed by atoms with van der Waals surface area (Å²) in [6.07, 6.45) is 40.8. The fourth-order valence-electron chi connectivity index (χ4n) is 8.12. The highest BCUT2D eigenvalue weighted by atomic mass is 32.3. The second-order valence-corrected chi connectivity index (χ2v) is 19.2. The molecule has 4 N–H and O–H groups in total. The molecule has 0 saturated carbocycles. The number of ether oxygens (including phenoxy) is 4. The summed E-state index contributed by atoms with van der Waals surface area (Å²) in [5.74, 6) is -0.398. The number of hydrogen-bond acceptors (Lipinski definition) is 11. The Hall–Kier alpha value is -1.42. The fourth-order valence-corrected chi connectivity index (χ4v) is 8.63. The molecule has 0 aromatic heterocycles. The van der Waals surface area contributed by atoms with Crippen LogP contribution in [-0.4, -0.2) is 97.5 Å². The summed E-state index contributed by atoms with van der Waals surface area (Å²) in [6.45, 7) is 3.94. The zero-order valence-electron chi connectivity index (χ0n) is 40.6. The molecule has 378 valence electrons. The summed E-state index contributed by atoms with van der Waals surface area (Å²) in [4.78, 5) is 12.9. The van der Waals surface area contributed by atoms with Crippen LogP contribution in [0, 0.1) is 0 Å². The number of carbonyl (C=O) groups excluding carboxylic acids is 1. The van der Waals surface area contributed by atoms with E-state index in [-0.39, 0.29) is 19.6 Å². The zero-order chi connectivity index (χ0) is 46.8. The van der Waals surface area contributed by atoms with Gasteiger partial charge in [-0.2, -0.15) is 8.42 Å². The molecule has 0 aromatic rings. The lowest BCUT2D eigenvalue weighted by Gasteiger charge is -2.41. The van der Waals surface area contributed by atoms with E-state index in [2.05, 4.69) is 42.3 Å². The molecule has 6 atom stereocenters. The summed E-state index contributed by atoms with van der Waals surface area (Å²) >= 11 is 0. The zero-order valence-corrected chi connectivity index (χ0v) is 41.4. The van der Waals surface area contributed by atoms with E-state index in [0.29, 0.717) is 13.0 Å². The van der Waals surface area contributed by atoms with Crippen molar-refractivity contribution in [2.75, 3.05) is 26.4 Å². The quantitative estimate of drug-likeness (QED) is 0.0197. The van der Waals surface area contributed by atoms with Crippen molar-refractivity contribution >= 4 is 16.4 Å². The van der Waals surface area contributed by atoms with Gasteiger partial charge in [0.2, 0.25) is 0 Å². The lowest BCUT2D eigenvalue weighted by molar-refractivity contribution is -0.301. The van der Waals surface area contributed by atoms with Crippen molar-refractivity contribution in [3.63, 3.8) is 0 Å². The summed E-state index contributed by atoms with van der Waals surface area (Å²) in [7, 11) is -5.06. The van der Waals surface area contributed by atoms with Crippen LogP contribution in [0.2, 0.25) is 0 Å². The van der Waals surface area contributed by atoms with E-state index < -0.39 is 59.8 Å². The van der Waals surface area contributed by atoms with Gasteiger partial charge in [0.15, 0.2) is 6.29 Å². The normalized spacial score (nSPS) is 19.9. The molecule has 1 saturated heterocycles. The Labute approximate surface area is 391 Å². The van der Waals surface area contributed by atoms with Crippen LogP contribution in [0.25, 0.3) is 0 Å². The van der Waals surface area contributed by atoms with Gasteiger partial charge < -0.3 is 34.3 Å². The number of unbranched alkanes of at least 4 members (excludes halogenated alkanes) is 29. The smallest absolute Gasteiger partial charge is 0.397 e. The Morgan fingerprint density at radius 3 is 1.55 bits per heavy atom. The van der Waals surface area contributed by atoms with Crippen LogP contribution in [0.3, 0.4) is 0 Å². The van der Waals surface area contributed by atoms with Gasteiger partial charge in [-0.15, -0.1) is 0 Å². The lowest BCUT2D eigenvalue weighted by atomic mass is 9.99. The number of carbonyl (C=O) groups is 1. The van der Waals surface area contributed by atoms with Gasteiger partial charge in [-0.05, 0) is 38.5 Å². The van der Waals surface area contributed by atoms with E-state index in [1.165, 1.54) is 141 Å². The molecular weight excluding hydrogens is 837 g/mol. The highest BCUT2D eigenvalue weighted by molar-refractivity contribution is 7.80. The maximum atomic E-state index is 12.9. The molecule has 1 aliphatic heterocycles. The average Bonchev–Trinajstić information content (AvgIpc) is 3.27. The molecule has 0 aromatic carbocycles. The molecule has 0 aliphatic carbocycles. The number of esters is 1. The number of hydrogen-bond donors (Lipinski definition) is 4. The van der Waals surface area contributed by atoms with Crippen molar-refractivity contribution in [3.05, 3.63) is 24.3 Å². The maximum Gasteiger partial charge on any atom is 0.397 e. The Morgan fingerprint density at radius 2 is 1.06 bits per heavy atom. The number of aliphatic hydroxyl groups excluding tert-OH is 3.